The standard InChI is InChI=1S/C9H18N2/c1-8-3-5-9(6-4-8)11-7-10-2/h7-9H,3-6H2,1-2H3,(H,10,11). The summed E-state index contributed by atoms with van der Waals surface area (Å²) in [5.41, 5.74) is 0. The van der Waals surface area contributed by atoms with E-state index in [9.17, 15) is 0 Å². The lowest BCUT2D eigenvalue weighted by Crippen LogP contribution is -2.31. The smallest absolute Gasteiger partial charge is 0.0822 e. The quantitative estimate of drug-likeness (QED) is 0.476. The lowest BCUT2D eigenvalue weighted by atomic mass is 9.87. The van der Waals surface area contributed by atoms with Gasteiger partial charge in [0, 0.05) is 13.1 Å². The Balaban J connectivity index is 2.17. The van der Waals surface area contributed by atoms with Crippen molar-refractivity contribution in [3.63, 3.8) is 0 Å². The van der Waals surface area contributed by atoms with Crippen molar-refractivity contribution in [2.45, 2.75) is 38.6 Å². The van der Waals surface area contributed by atoms with Crippen molar-refractivity contribution in [1.29, 1.82) is 0 Å². The maximum Gasteiger partial charge on any atom is 0.0822 e. The summed E-state index contributed by atoms with van der Waals surface area (Å²) in [5.74, 6) is 0.937. The number of aliphatic imine (C=N–C) groups is 1. The van der Waals surface area contributed by atoms with Crippen LogP contribution in [0.25, 0.3) is 0 Å². The Bertz CT molecular complexity index is 124. The molecule has 0 aliphatic heterocycles. The van der Waals surface area contributed by atoms with E-state index in [1.54, 1.807) is 7.05 Å². The zero-order valence-corrected chi connectivity index (χ0v) is 7.51. The highest BCUT2D eigenvalue weighted by Crippen LogP contribution is 2.22. The van der Waals surface area contributed by atoms with Gasteiger partial charge < -0.3 is 5.32 Å². The van der Waals surface area contributed by atoms with E-state index in [0.717, 1.165) is 5.92 Å². The molecule has 1 fully saturated rings. The minimum atomic E-state index is 0.690. The molecular formula is C9H18N2. The summed E-state index contributed by atoms with van der Waals surface area (Å²) >= 11 is 0. The van der Waals surface area contributed by atoms with Crippen LogP contribution in [0.5, 0.6) is 0 Å². The maximum atomic E-state index is 3.91. The fourth-order valence-electron chi connectivity index (χ4n) is 1.61. The average molecular weight is 154 g/mol. The monoisotopic (exact) mass is 154 g/mol. The molecule has 0 unspecified atom stereocenters. The molecule has 2 nitrogen and oxygen atoms in total. The zero-order valence-electron chi connectivity index (χ0n) is 7.51. The van der Waals surface area contributed by atoms with Crippen LogP contribution in [0.1, 0.15) is 32.6 Å². The summed E-state index contributed by atoms with van der Waals surface area (Å²) in [6.07, 6.45) is 7.19. The van der Waals surface area contributed by atoms with E-state index in [4.69, 9.17) is 0 Å². The van der Waals surface area contributed by atoms with E-state index in [0.29, 0.717) is 6.04 Å². The van der Waals surface area contributed by atoms with Crippen LogP contribution in [0.2, 0.25) is 0 Å². The summed E-state index contributed by atoms with van der Waals surface area (Å²) in [5, 5.41) is 3.30. The van der Waals surface area contributed by atoms with E-state index in [-0.39, 0.29) is 0 Å². The van der Waals surface area contributed by atoms with Crippen LogP contribution in [0.3, 0.4) is 0 Å². The molecule has 0 aromatic heterocycles. The highest BCUT2D eigenvalue weighted by atomic mass is 15.0. The van der Waals surface area contributed by atoms with Gasteiger partial charge in [0.15, 0.2) is 0 Å². The molecule has 0 atom stereocenters. The van der Waals surface area contributed by atoms with Gasteiger partial charge in [0.2, 0.25) is 0 Å². The first-order valence-corrected chi connectivity index (χ1v) is 4.49. The van der Waals surface area contributed by atoms with E-state index >= 15 is 0 Å². The molecule has 0 saturated heterocycles. The predicted octanol–water partition coefficient (Wildman–Crippen LogP) is 1.81. The first-order chi connectivity index (χ1) is 5.33. The number of rotatable bonds is 2. The summed E-state index contributed by atoms with van der Waals surface area (Å²) in [6.45, 7) is 2.34. The number of nitrogens with one attached hydrogen (secondary N) is 1. The zero-order chi connectivity index (χ0) is 8.10. The summed E-state index contributed by atoms with van der Waals surface area (Å²) in [6, 6.07) is 0.690. The van der Waals surface area contributed by atoms with Gasteiger partial charge in [-0.15, -0.1) is 0 Å². The van der Waals surface area contributed by atoms with E-state index in [1.807, 2.05) is 6.34 Å². The number of hydrogen-bond acceptors (Lipinski definition) is 1. The number of hydrogen-bond donors (Lipinski definition) is 1. The first-order valence-electron chi connectivity index (χ1n) is 4.49. The van der Waals surface area contributed by atoms with Gasteiger partial charge in [-0.25, -0.2) is 0 Å². The van der Waals surface area contributed by atoms with Crippen molar-refractivity contribution < 1.29 is 0 Å². The molecule has 1 N–H and O–H groups in total. The van der Waals surface area contributed by atoms with Gasteiger partial charge in [-0.2, -0.15) is 0 Å². The molecule has 0 aromatic carbocycles. The maximum absolute atomic E-state index is 3.91. The second kappa shape index (κ2) is 4.37. The van der Waals surface area contributed by atoms with Crippen molar-refractivity contribution in [1.82, 2.24) is 5.32 Å². The summed E-state index contributed by atoms with van der Waals surface area (Å²) < 4.78 is 0. The van der Waals surface area contributed by atoms with Crippen molar-refractivity contribution in [3.8, 4) is 0 Å². The largest absolute Gasteiger partial charge is 0.374 e. The number of nitrogens with zero attached hydrogens (tertiary/aromatic N) is 1. The van der Waals surface area contributed by atoms with Crippen LogP contribution in [0.15, 0.2) is 4.99 Å². The minimum Gasteiger partial charge on any atom is -0.374 e. The Kier molecular flexibility index (Phi) is 3.40. The highest BCUT2D eigenvalue weighted by molar-refractivity contribution is 5.54. The Labute approximate surface area is 69.1 Å². The van der Waals surface area contributed by atoms with Gasteiger partial charge in [0.05, 0.1) is 6.34 Å². The molecule has 0 radical (unpaired) electrons. The van der Waals surface area contributed by atoms with Crippen molar-refractivity contribution in [2.24, 2.45) is 10.9 Å². The lowest BCUT2D eigenvalue weighted by molar-refractivity contribution is 0.332. The Morgan fingerprint density at radius 1 is 1.27 bits per heavy atom. The molecule has 2 heteroatoms. The molecular weight excluding hydrogens is 136 g/mol. The first kappa shape index (κ1) is 8.57. The molecule has 0 heterocycles. The lowest BCUT2D eigenvalue weighted by Gasteiger charge is -2.25. The fraction of sp³-hybridized carbons (Fsp3) is 0.889. The van der Waals surface area contributed by atoms with Gasteiger partial charge >= 0.3 is 0 Å². The molecule has 0 spiro atoms. The molecule has 0 amide bonds. The van der Waals surface area contributed by atoms with Crippen molar-refractivity contribution in [3.05, 3.63) is 0 Å². The van der Waals surface area contributed by atoms with Gasteiger partial charge in [0.1, 0.15) is 0 Å². The molecule has 11 heavy (non-hydrogen) atoms. The van der Waals surface area contributed by atoms with Gasteiger partial charge in [-0.05, 0) is 31.6 Å². The molecule has 1 rings (SSSR count). The molecule has 0 aromatic rings. The summed E-state index contributed by atoms with van der Waals surface area (Å²) in [4.78, 5) is 3.91. The molecule has 64 valence electrons. The van der Waals surface area contributed by atoms with Gasteiger partial charge in [0.25, 0.3) is 0 Å². The third-order valence-corrected chi connectivity index (χ3v) is 2.46. The average Bonchev–Trinajstić information content (AvgIpc) is 2.04. The second-order valence-corrected chi connectivity index (χ2v) is 3.51. The molecule has 0 bridgehead atoms. The normalized spacial score (nSPS) is 32.5. The predicted molar refractivity (Wildman–Crippen MR) is 49.0 cm³/mol. The van der Waals surface area contributed by atoms with Crippen LogP contribution in [-0.4, -0.2) is 19.4 Å². The van der Waals surface area contributed by atoms with E-state index < -0.39 is 0 Å². The SMILES string of the molecule is CN=CNC1CCC(C)CC1. The van der Waals surface area contributed by atoms with Crippen LogP contribution < -0.4 is 5.32 Å². The van der Waals surface area contributed by atoms with Crippen LogP contribution >= 0.6 is 0 Å². The minimum absolute atomic E-state index is 0.690. The highest BCUT2D eigenvalue weighted by Gasteiger charge is 2.16. The second-order valence-electron chi connectivity index (χ2n) is 3.51. The van der Waals surface area contributed by atoms with Gasteiger partial charge in [-0.1, -0.05) is 6.92 Å². The van der Waals surface area contributed by atoms with Crippen LogP contribution in [0.4, 0.5) is 0 Å². The topological polar surface area (TPSA) is 24.4 Å². The van der Waals surface area contributed by atoms with E-state index in [2.05, 4.69) is 17.2 Å². The Morgan fingerprint density at radius 3 is 2.45 bits per heavy atom. The van der Waals surface area contributed by atoms with Crippen molar-refractivity contribution in [2.75, 3.05) is 7.05 Å². The van der Waals surface area contributed by atoms with Crippen molar-refractivity contribution >= 4 is 6.34 Å². The Morgan fingerprint density at radius 2 is 1.91 bits per heavy atom. The third kappa shape index (κ3) is 2.91. The van der Waals surface area contributed by atoms with E-state index in [1.165, 1.54) is 25.7 Å². The molecule has 1 aliphatic rings. The molecule has 1 aliphatic carbocycles. The van der Waals surface area contributed by atoms with Crippen LogP contribution in [-0.2, 0) is 0 Å². The fourth-order valence-corrected chi connectivity index (χ4v) is 1.61. The van der Waals surface area contributed by atoms with Gasteiger partial charge in [-0.3, -0.25) is 4.99 Å². The summed E-state index contributed by atoms with van der Waals surface area (Å²) in [7, 11) is 1.80. The van der Waals surface area contributed by atoms with Crippen LogP contribution in [0, 0.1) is 5.92 Å². The molecule has 1 saturated carbocycles. The third-order valence-electron chi connectivity index (χ3n) is 2.46. The Hall–Kier alpha value is -0.530.